The first-order chi connectivity index (χ1) is 10.0. The van der Waals surface area contributed by atoms with Gasteiger partial charge < -0.3 is 9.64 Å². The number of rotatable bonds is 6. The molecule has 1 aromatic heterocycles. The monoisotopic (exact) mass is 296 g/mol. The Hall–Kier alpha value is -2.65. The van der Waals surface area contributed by atoms with E-state index in [9.17, 15) is 14.4 Å². The molecule has 2 heterocycles. The Bertz CT molecular complexity index is 557. The fraction of sp³-hybridized carbons (Fsp3) is 0.545. The minimum Gasteiger partial charge on any atom is -0.466 e. The molecule has 2 rings (SSSR count). The van der Waals surface area contributed by atoms with Gasteiger partial charge in [0.2, 0.25) is 17.8 Å². The molecule has 1 aromatic rings. The van der Waals surface area contributed by atoms with Crippen molar-refractivity contribution in [2.45, 2.75) is 12.8 Å². The van der Waals surface area contributed by atoms with Crippen molar-refractivity contribution >= 4 is 23.8 Å². The van der Waals surface area contributed by atoms with Crippen LogP contribution in [0.15, 0.2) is 0 Å². The Morgan fingerprint density at radius 3 is 2.81 bits per heavy atom. The third-order valence-electron chi connectivity index (χ3n) is 2.92. The van der Waals surface area contributed by atoms with Crippen molar-refractivity contribution in [1.82, 2.24) is 25.0 Å². The highest BCUT2D eigenvalue weighted by Gasteiger charge is 2.32. The first-order valence-corrected chi connectivity index (χ1v) is 6.33. The number of methoxy groups -OCH3 is 1. The zero-order valence-corrected chi connectivity index (χ0v) is 11.8. The molecule has 0 radical (unpaired) electrons. The van der Waals surface area contributed by atoms with Crippen LogP contribution in [0, 0.1) is 0 Å². The van der Waals surface area contributed by atoms with Crippen molar-refractivity contribution in [2.24, 2.45) is 0 Å². The first kappa shape index (κ1) is 14.8. The van der Waals surface area contributed by atoms with E-state index < -0.39 is 0 Å². The Morgan fingerprint density at radius 2 is 2.24 bits per heavy atom. The third-order valence-corrected chi connectivity index (χ3v) is 2.92. The third kappa shape index (κ3) is 3.46. The van der Waals surface area contributed by atoms with E-state index in [0.29, 0.717) is 6.42 Å². The number of imide groups is 1. The van der Waals surface area contributed by atoms with E-state index >= 15 is 0 Å². The van der Waals surface area contributed by atoms with Crippen molar-refractivity contribution in [3.8, 4) is 6.01 Å². The Morgan fingerprint density at radius 1 is 1.48 bits per heavy atom. The predicted molar refractivity (Wildman–Crippen MR) is 70.5 cm³/mol. The summed E-state index contributed by atoms with van der Waals surface area (Å²) >= 11 is 0. The minimum atomic E-state index is -0.333. The Balaban J connectivity index is 1.74. The van der Waals surface area contributed by atoms with E-state index in [4.69, 9.17) is 4.74 Å². The lowest BCUT2D eigenvalue weighted by atomic mass is 10.3. The van der Waals surface area contributed by atoms with E-state index in [1.54, 1.807) is 7.05 Å². The van der Waals surface area contributed by atoms with Crippen LogP contribution < -0.4 is 10.1 Å². The van der Waals surface area contributed by atoms with E-state index in [0.717, 1.165) is 4.90 Å². The zero-order chi connectivity index (χ0) is 15.4. The maximum absolute atomic E-state index is 11.7. The molecule has 0 saturated carbocycles. The normalized spacial score (nSPS) is 14.8. The molecule has 1 aliphatic rings. The number of likely N-dealkylation sites (N-methyl/N-ethyl adjacent to an activating group) is 1. The second-order valence-electron chi connectivity index (χ2n) is 4.51. The SMILES string of the molecule is COc1n[nH]c(NC(=O)CCCN2C(=O)CN(C)C2=O)n1. The van der Waals surface area contributed by atoms with Crippen LogP contribution in [0.25, 0.3) is 0 Å². The lowest BCUT2D eigenvalue weighted by Gasteiger charge is -2.13. The standard InChI is InChI=1S/C11H16N6O4/c1-16-6-8(19)17(11(16)20)5-3-4-7(18)12-9-13-10(21-2)15-14-9/h3-6H2,1-2H3,(H2,12,13,14,15,18). The molecule has 0 spiro atoms. The Labute approximate surface area is 120 Å². The smallest absolute Gasteiger partial charge is 0.336 e. The fourth-order valence-corrected chi connectivity index (χ4v) is 1.87. The highest BCUT2D eigenvalue weighted by atomic mass is 16.5. The number of amides is 4. The molecule has 114 valence electrons. The molecule has 0 aromatic carbocycles. The van der Waals surface area contributed by atoms with Gasteiger partial charge in [-0.15, -0.1) is 5.10 Å². The average Bonchev–Trinajstić information content (AvgIpc) is 2.98. The van der Waals surface area contributed by atoms with Crippen molar-refractivity contribution in [1.29, 1.82) is 0 Å². The molecule has 4 amide bonds. The molecular weight excluding hydrogens is 280 g/mol. The lowest BCUT2D eigenvalue weighted by Crippen LogP contribution is -2.32. The van der Waals surface area contributed by atoms with Crippen LogP contribution in [0.4, 0.5) is 10.7 Å². The number of carbonyl (C=O) groups is 3. The van der Waals surface area contributed by atoms with Crippen LogP contribution in [0.3, 0.4) is 0 Å². The number of nitrogens with zero attached hydrogens (tertiary/aromatic N) is 4. The summed E-state index contributed by atoms with van der Waals surface area (Å²) in [5, 5.41) is 8.69. The molecule has 0 bridgehead atoms. The van der Waals surface area contributed by atoms with Gasteiger partial charge in [0.15, 0.2) is 0 Å². The highest BCUT2D eigenvalue weighted by Crippen LogP contribution is 2.10. The summed E-state index contributed by atoms with van der Waals surface area (Å²) in [6, 6.07) is -0.207. The van der Waals surface area contributed by atoms with Gasteiger partial charge in [-0.2, -0.15) is 4.98 Å². The number of aromatic amines is 1. The van der Waals surface area contributed by atoms with Crippen LogP contribution in [0.5, 0.6) is 6.01 Å². The first-order valence-electron chi connectivity index (χ1n) is 6.33. The van der Waals surface area contributed by atoms with E-state index in [-0.39, 0.29) is 49.3 Å². The van der Waals surface area contributed by atoms with Crippen molar-refractivity contribution in [2.75, 3.05) is 32.6 Å². The summed E-state index contributed by atoms with van der Waals surface area (Å²) in [6.07, 6.45) is 0.534. The molecule has 1 saturated heterocycles. The van der Waals surface area contributed by atoms with Crippen molar-refractivity contribution < 1.29 is 19.1 Å². The number of nitrogens with one attached hydrogen (secondary N) is 2. The molecular formula is C11H16N6O4. The lowest BCUT2D eigenvalue weighted by molar-refractivity contribution is -0.125. The van der Waals surface area contributed by atoms with Gasteiger partial charge in [-0.25, -0.2) is 9.89 Å². The zero-order valence-electron chi connectivity index (χ0n) is 11.8. The summed E-state index contributed by atoms with van der Waals surface area (Å²) in [4.78, 5) is 41.1. The number of ether oxygens (including phenoxy) is 1. The van der Waals surface area contributed by atoms with Gasteiger partial charge in [0.25, 0.3) is 0 Å². The summed E-state index contributed by atoms with van der Waals surface area (Å²) in [7, 11) is 2.97. The molecule has 0 aliphatic carbocycles. The van der Waals surface area contributed by atoms with Gasteiger partial charge in [0, 0.05) is 20.0 Å². The predicted octanol–water partition coefficient (Wildman–Crippen LogP) is -0.574. The number of carbonyl (C=O) groups excluding carboxylic acids is 3. The second-order valence-corrected chi connectivity index (χ2v) is 4.51. The van der Waals surface area contributed by atoms with Gasteiger partial charge in [-0.05, 0) is 6.42 Å². The van der Waals surface area contributed by atoms with Crippen molar-refractivity contribution in [3.05, 3.63) is 0 Å². The second kappa shape index (κ2) is 6.20. The molecule has 0 atom stereocenters. The number of hydrogen-bond acceptors (Lipinski definition) is 6. The van der Waals surface area contributed by atoms with Gasteiger partial charge in [-0.1, -0.05) is 0 Å². The number of H-pyrrole nitrogens is 1. The fourth-order valence-electron chi connectivity index (χ4n) is 1.87. The summed E-state index contributed by atoms with van der Waals surface area (Å²) < 4.78 is 4.77. The largest absolute Gasteiger partial charge is 0.466 e. The highest BCUT2D eigenvalue weighted by molar-refractivity contribution is 6.01. The van der Waals surface area contributed by atoms with Gasteiger partial charge in [0.05, 0.1) is 7.11 Å². The van der Waals surface area contributed by atoms with Crippen LogP contribution in [0.1, 0.15) is 12.8 Å². The van der Waals surface area contributed by atoms with Gasteiger partial charge >= 0.3 is 12.0 Å². The minimum absolute atomic E-state index is 0.0862. The molecule has 0 unspecified atom stereocenters. The quantitative estimate of drug-likeness (QED) is 0.678. The average molecular weight is 296 g/mol. The van der Waals surface area contributed by atoms with E-state index in [2.05, 4.69) is 20.5 Å². The number of urea groups is 1. The van der Waals surface area contributed by atoms with Crippen LogP contribution in [0.2, 0.25) is 0 Å². The summed E-state index contributed by atoms with van der Waals surface area (Å²) in [6.45, 7) is 0.304. The molecule has 1 aliphatic heterocycles. The maximum atomic E-state index is 11.7. The summed E-state index contributed by atoms with van der Waals surface area (Å²) in [5.74, 6) is -0.353. The molecule has 2 N–H and O–H groups in total. The van der Waals surface area contributed by atoms with E-state index in [1.807, 2.05) is 0 Å². The molecule has 10 heteroatoms. The number of hydrogen-bond donors (Lipinski definition) is 2. The number of aromatic nitrogens is 3. The van der Waals surface area contributed by atoms with Gasteiger partial charge in [0.1, 0.15) is 6.54 Å². The molecule has 1 fully saturated rings. The summed E-state index contributed by atoms with van der Waals surface area (Å²) in [5.41, 5.74) is 0. The van der Waals surface area contributed by atoms with Crippen LogP contribution in [-0.2, 0) is 9.59 Å². The van der Waals surface area contributed by atoms with E-state index in [1.165, 1.54) is 12.0 Å². The topological polar surface area (TPSA) is 121 Å². The maximum Gasteiger partial charge on any atom is 0.336 e. The van der Waals surface area contributed by atoms with Gasteiger partial charge in [-0.3, -0.25) is 19.8 Å². The van der Waals surface area contributed by atoms with Crippen molar-refractivity contribution in [3.63, 3.8) is 0 Å². The molecule has 21 heavy (non-hydrogen) atoms. The molecule has 10 nitrogen and oxygen atoms in total. The van der Waals surface area contributed by atoms with Crippen LogP contribution >= 0.6 is 0 Å². The Kier molecular flexibility index (Phi) is 4.36. The number of anilines is 1. The van der Waals surface area contributed by atoms with Crippen LogP contribution in [-0.4, -0.2) is 70.1 Å².